The highest BCUT2D eigenvalue weighted by Crippen LogP contribution is 2.29. The minimum Gasteiger partial charge on any atom is -0.258 e. The number of nitrogens with zero attached hydrogens (tertiary/aromatic N) is 4. The lowest BCUT2D eigenvalue weighted by molar-refractivity contribution is -0.384. The average molecular weight is 394 g/mol. The third kappa shape index (κ3) is 3.76. The monoisotopic (exact) mass is 393 g/mol. The topological polar surface area (TPSA) is 89.1 Å². The first-order chi connectivity index (χ1) is 12.0. The van der Waals surface area contributed by atoms with Crippen molar-refractivity contribution >= 4 is 47.3 Å². The molecule has 0 saturated carbocycles. The molecule has 3 aromatic rings. The molecular formula is C15H9Cl2N5O2S. The number of non-ortho nitro benzene ring substituents is 1. The molecule has 0 amide bonds. The highest BCUT2D eigenvalue weighted by Gasteiger charge is 2.12. The summed E-state index contributed by atoms with van der Waals surface area (Å²) in [5.41, 5.74) is 1.28. The van der Waals surface area contributed by atoms with Gasteiger partial charge in [-0.05, 0) is 48.1 Å². The molecule has 3 rings (SSSR count). The maximum Gasteiger partial charge on any atom is 0.269 e. The van der Waals surface area contributed by atoms with Crippen molar-refractivity contribution < 1.29 is 4.92 Å². The van der Waals surface area contributed by atoms with Crippen LogP contribution < -0.4 is 0 Å². The summed E-state index contributed by atoms with van der Waals surface area (Å²) in [5.74, 6) is 0.421. The maximum absolute atomic E-state index is 10.7. The SMILES string of the molecule is O=[N+]([O-])c1ccc(/C=N\n2c(-c3ccc(Cl)cc3Cl)n[nH]c2=S)cc1. The van der Waals surface area contributed by atoms with Gasteiger partial charge in [-0.3, -0.25) is 10.1 Å². The molecule has 1 aromatic heterocycles. The summed E-state index contributed by atoms with van der Waals surface area (Å²) in [5, 5.41) is 22.7. The Bertz CT molecular complexity index is 1030. The molecule has 1 heterocycles. The number of halogens is 2. The zero-order chi connectivity index (χ0) is 18.0. The fourth-order valence-corrected chi connectivity index (χ4v) is 2.72. The molecule has 10 heteroatoms. The highest BCUT2D eigenvalue weighted by atomic mass is 35.5. The van der Waals surface area contributed by atoms with E-state index in [1.165, 1.54) is 23.0 Å². The van der Waals surface area contributed by atoms with E-state index < -0.39 is 4.92 Å². The molecular weight excluding hydrogens is 385 g/mol. The van der Waals surface area contributed by atoms with Crippen LogP contribution in [0.2, 0.25) is 10.0 Å². The van der Waals surface area contributed by atoms with E-state index in [-0.39, 0.29) is 10.5 Å². The Kier molecular flexibility index (Phi) is 4.93. The largest absolute Gasteiger partial charge is 0.269 e. The number of nitro groups is 1. The van der Waals surface area contributed by atoms with E-state index in [9.17, 15) is 10.1 Å². The molecule has 25 heavy (non-hydrogen) atoms. The summed E-state index contributed by atoms with van der Waals surface area (Å²) in [6, 6.07) is 11.0. The van der Waals surface area contributed by atoms with Crippen LogP contribution in [0.1, 0.15) is 5.56 Å². The van der Waals surface area contributed by atoms with Crippen molar-refractivity contribution in [2.75, 3.05) is 0 Å². The van der Waals surface area contributed by atoms with Crippen molar-refractivity contribution in [1.82, 2.24) is 14.9 Å². The molecule has 0 saturated heterocycles. The Balaban J connectivity index is 1.97. The first kappa shape index (κ1) is 17.3. The number of rotatable bonds is 4. The minimum atomic E-state index is -0.465. The van der Waals surface area contributed by atoms with Crippen LogP contribution in [0.15, 0.2) is 47.6 Å². The predicted molar refractivity (Wildman–Crippen MR) is 99.0 cm³/mol. The fourth-order valence-electron chi connectivity index (χ4n) is 2.05. The van der Waals surface area contributed by atoms with Gasteiger partial charge in [-0.1, -0.05) is 23.2 Å². The van der Waals surface area contributed by atoms with Crippen LogP contribution in [-0.4, -0.2) is 26.0 Å². The second-order valence-corrected chi connectivity index (χ2v) is 6.11. The van der Waals surface area contributed by atoms with E-state index in [2.05, 4.69) is 15.3 Å². The van der Waals surface area contributed by atoms with Gasteiger partial charge in [-0.2, -0.15) is 14.9 Å². The van der Waals surface area contributed by atoms with E-state index in [0.29, 0.717) is 27.0 Å². The minimum absolute atomic E-state index is 0.00528. The lowest BCUT2D eigenvalue weighted by atomic mass is 10.2. The Morgan fingerprint density at radius 1 is 1.24 bits per heavy atom. The van der Waals surface area contributed by atoms with E-state index in [0.717, 1.165) is 0 Å². The molecule has 0 aliphatic heterocycles. The molecule has 0 aliphatic carbocycles. The zero-order valence-electron chi connectivity index (χ0n) is 12.4. The van der Waals surface area contributed by atoms with Crippen LogP contribution >= 0.6 is 35.4 Å². The number of nitro benzene ring substituents is 1. The van der Waals surface area contributed by atoms with Crippen LogP contribution in [0, 0.1) is 14.9 Å². The summed E-state index contributed by atoms with van der Waals surface area (Å²) >= 11 is 17.3. The molecule has 0 aliphatic rings. The summed E-state index contributed by atoms with van der Waals surface area (Å²) < 4.78 is 1.69. The van der Waals surface area contributed by atoms with Crippen molar-refractivity contribution in [2.45, 2.75) is 0 Å². The number of aromatic amines is 1. The molecule has 0 spiro atoms. The van der Waals surface area contributed by atoms with Crippen LogP contribution in [0.3, 0.4) is 0 Å². The van der Waals surface area contributed by atoms with Crippen molar-refractivity contribution in [3.8, 4) is 11.4 Å². The molecule has 2 aromatic carbocycles. The Morgan fingerprint density at radius 2 is 1.96 bits per heavy atom. The fraction of sp³-hybridized carbons (Fsp3) is 0. The first-order valence-corrected chi connectivity index (χ1v) is 8.04. The highest BCUT2D eigenvalue weighted by molar-refractivity contribution is 7.71. The number of hydrogen-bond donors (Lipinski definition) is 1. The number of hydrogen-bond acceptors (Lipinski definition) is 5. The van der Waals surface area contributed by atoms with Gasteiger partial charge < -0.3 is 0 Å². The van der Waals surface area contributed by atoms with Gasteiger partial charge in [0.1, 0.15) is 0 Å². The molecule has 126 valence electrons. The maximum atomic E-state index is 10.7. The molecule has 1 N–H and O–H groups in total. The van der Waals surface area contributed by atoms with E-state index in [4.69, 9.17) is 35.4 Å². The first-order valence-electron chi connectivity index (χ1n) is 6.87. The van der Waals surface area contributed by atoms with Crippen LogP contribution in [0.4, 0.5) is 5.69 Å². The Morgan fingerprint density at radius 3 is 2.60 bits per heavy atom. The number of benzene rings is 2. The summed E-state index contributed by atoms with van der Waals surface area (Å²) in [6.45, 7) is 0. The Labute approximate surface area is 156 Å². The van der Waals surface area contributed by atoms with Gasteiger partial charge in [0.25, 0.3) is 5.69 Å². The van der Waals surface area contributed by atoms with Gasteiger partial charge in [-0.15, -0.1) is 0 Å². The molecule has 7 nitrogen and oxygen atoms in total. The average Bonchev–Trinajstić information content (AvgIpc) is 2.94. The Hall–Kier alpha value is -2.55. The normalized spacial score (nSPS) is 11.1. The van der Waals surface area contributed by atoms with Gasteiger partial charge in [0.15, 0.2) is 5.82 Å². The van der Waals surface area contributed by atoms with Gasteiger partial charge in [0.05, 0.1) is 16.2 Å². The molecule has 0 fully saturated rings. The number of aromatic nitrogens is 3. The van der Waals surface area contributed by atoms with Crippen molar-refractivity contribution in [3.05, 3.63) is 73.0 Å². The quantitative estimate of drug-likeness (QED) is 0.301. The van der Waals surface area contributed by atoms with E-state index in [1.54, 1.807) is 30.3 Å². The summed E-state index contributed by atoms with van der Waals surface area (Å²) in [4.78, 5) is 10.2. The van der Waals surface area contributed by atoms with Crippen LogP contribution in [0.25, 0.3) is 11.4 Å². The number of H-pyrrole nitrogens is 1. The van der Waals surface area contributed by atoms with Crippen LogP contribution in [-0.2, 0) is 0 Å². The van der Waals surface area contributed by atoms with Crippen molar-refractivity contribution in [3.63, 3.8) is 0 Å². The van der Waals surface area contributed by atoms with Crippen molar-refractivity contribution in [1.29, 1.82) is 0 Å². The third-order valence-electron chi connectivity index (χ3n) is 3.25. The van der Waals surface area contributed by atoms with Crippen molar-refractivity contribution in [2.24, 2.45) is 5.10 Å². The number of nitrogens with one attached hydrogen (secondary N) is 1. The van der Waals surface area contributed by atoms with Crippen LogP contribution in [0.5, 0.6) is 0 Å². The van der Waals surface area contributed by atoms with Gasteiger partial charge in [0, 0.05) is 22.7 Å². The van der Waals surface area contributed by atoms with Gasteiger partial charge >= 0.3 is 0 Å². The summed E-state index contributed by atoms with van der Waals surface area (Å²) in [7, 11) is 0. The molecule has 0 atom stereocenters. The zero-order valence-corrected chi connectivity index (χ0v) is 14.7. The second kappa shape index (κ2) is 7.14. The van der Waals surface area contributed by atoms with Gasteiger partial charge in [0.2, 0.25) is 4.77 Å². The molecule has 0 radical (unpaired) electrons. The lowest BCUT2D eigenvalue weighted by Crippen LogP contribution is -1.96. The molecule has 0 unspecified atom stereocenters. The summed E-state index contributed by atoms with van der Waals surface area (Å²) in [6.07, 6.45) is 1.52. The van der Waals surface area contributed by atoms with E-state index in [1.807, 2.05) is 0 Å². The smallest absolute Gasteiger partial charge is 0.258 e. The lowest BCUT2D eigenvalue weighted by Gasteiger charge is -2.04. The predicted octanol–water partition coefficient (Wildman–Crippen LogP) is 4.70. The second-order valence-electron chi connectivity index (χ2n) is 4.88. The molecule has 0 bridgehead atoms. The van der Waals surface area contributed by atoms with E-state index >= 15 is 0 Å². The van der Waals surface area contributed by atoms with Gasteiger partial charge in [-0.25, -0.2) is 5.10 Å². The standard InChI is InChI=1S/C15H9Cl2N5O2S/c16-10-3-6-12(13(17)7-10)14-19-20-15(25)21(14)18-8-9-1-4-11(5-2-9)22(23)24/h1-8H,(H,20,25)/b18-8-. The third-order valence-corrected chi connectivity index (χ3v) is 4.06.